The van der Waals surface area contributed by atoms with Gasteiger partial charge in [-0.25, -0.2) is 9.78 Å². The number of para-hydroxylation sites is 1. The SMILES string of the molecule is Cc1nccn1C[C@H](C)CNC(=O)N(C)Cc1cc2ccccc2o1. The number of aromatic nitrogens is 2. The molecule has 0 unspecified atom stereocenters. The Labute approximate surface area is 147 Å². The molecule has 132 valence electrons. The van der Waals surface area contributed by atoms with Crippen molar-refractivity contribution in [1.29, 1.82) is 0 Å². The van der Waals surface area contributed by atoms with Crippen molar-refractivity contribution in [2.24, 2.45) is 5.92 Å². The number of amides is 2. The van der Waals surface area contributed by atoms with Crippen molar-refractivity contribution in [3.8, 4) is 0 Å². The third-order valence-electron chi connectivity index (χ3n) is 4.25. The summed E-state index contributed by atoms with van der Waals surface area (Å²) in [6, 6.07) is 9.72. The standard InChI is InChI=1S/C19H24N4O2/c1-14(12-23-9-8-20-15(23)2)11-21-19(24)22(3)13-17-10-16-6-4-5-7-18(16)25-17/h4-10,14H,11-13H2,1-3H3,(H,21,24)/t14-/m1/s1. The van der Waals surface area contributed by atoms with Gasteiger partial charge in [0.2, 0.25) is 0 Å². The fourth-order valence-corrected chi connectivity index (χ4v) is 2.81. The maximum Gasteiger partial charge on any atom is 0.317 e. The van der Waals surface area contributed by atoms with Gasteiger partial charge >= 0.3 is 6.03 Å². The number of fused-ring (bicyclic) bond motifs is 1. The number of nitrogens with zero attached hydrogens (tertiary/aromatic N) is 3. The van der Waals surface area contributed by atoms with E-state index in [-0.39, 0.29) is 6.03 Å². The Kier molecular flexibility index (Phi) is 5.07. The first-order chi connectivity index (χ1) is 12.0. The molecule has 2 aromatic heterocycles. The van der Waals surface area contributed by atoms with Gasteiger partial charge in [0.1, 0.15) is 17.2 Å². The molecule has 1 atom stereocenters. The van der Waals surface area contributed by atoms with Crippen LogP contribution >= 0.6 is 0 Å². The summed E-state index contributed by atoms with van der Waals surface area (Å²) in [4.78, 5) is 18.1. The van der Waals surface area contributed by atoms with Crippen molar-refractivity contribution < 1.29 is 9.21 Å². The van der Waals surface area contributed by atoms with Crippen molar-refractivity contribution in [2.75, 3.05) is 13.6 Å². The molecular formula is C19H24N4O2. The zero-order chi connectivity index (χ0) is 17.8. The van der Waals surface area contributed by atoms with Gasteiger partial charge in [-0.3, -0.25) is 0 Å². The predicted molar refractivity (Wildman–Crippen MR) is 97.2 cm³/mol. The molecular weight excluding hydrogens is 316 g/mol. The second-order valence-corrected chi connectivity index (χ2v) is 6.52. The normalized spacial score (nSPS) is 12.3. The Hall–Kier alpha value is -2.76. The highest BCUT2D eigenvalue weighted by Crippen LogP contribution is 2.19. The Bertz CT molecular complexity index is 819. The highest BCUT2D eigenvalue weighted by atomic mass is 16.3. The lowest BCUT2D eigenvalue weighted by molar-refractivity contribution is 0.201. The van der Waals surface area contributed by atoms with Crippen LogP contribution in [0.5, 0.6) is 0 Å². The summed E-state index contributed by atoms with van der Waals surface area (Å²) in [7, 11) is 1.77. The van der Waals surface area contributed by atoms with E-state index in [2.05, 4.69) is 21.8 Å². The lowest BCUT2D eigenvalue weighted by Crippen LogP contribution is -2.39. The van der Waals surface area contributed by atoms with Crippen molar-refractivity contribution in [1.82, 2.24) is 19.8 Å². The molecule has 1 aromatic carbocycles. The molecule has 0 fully saturated rings. The molecule has 0 aliphatic heterocycles. The number of urea groups is 1. The molecule has 0 aliphatic rings. The number of carbonyl (C=O) groups excluding carboxylic acids is 1. The molecule has 6 heteroatoms. The maximum atomic E-state index is 12.3. The van der Waals surface area contributed by atoms with E-state index in [1.165, 1.54) is 0 Å². The summed E-state index contributed by atoms with van der Waals surface area (Å²) in [6.45, 7) is 5.97. The Morgan fingerprint density at radius 2 is 2.20 bits per heavy atom. The predicted octanol–water partition coefficient (Wildman–Crippen LogP) is 3.42. The Morgan fingerprint density at radius 1 is 1.40 bits per heavy atom. The Balaban J connectivity index is 1.49. The van der Waals surface area contributed by atoms with Crippen LogP contribution in [0.15, 0.2) is 47.1 Å². The van der Waals surface area contributed by atoms with Crippen molar-refractivity contribution >= 4 is 17.0 Å². The molecule has 0 aliphatic carbocycles. The van der Waals surface area contributed by atoms with Crippen LogP contribution in [0, 0.1) is 12.8 Å². The van der Waals surface area contributed by atoms with Crippen LogP contribution in [0.4, 0.5) is 4.79 Å². The van der Waals surface area contributed by atoms with E-state index in [0.29, 0.717) is 19.0 Å². The van der Waals surface area contributed by atoms with Gasteiger partial charge in [-0.15, -0.1) is 0 Å². The fraction of sp³-hybridized carbons (Fsp3) is 0.368. The number of hydrogen-bond acceptors (Lipinski definition) is 3. The van der Waals surface area contributed by atoms with Gasteiger partial charge in [-0.2, -0.15) is 0 Å². The van der Waals surface area contributed by atoms with Crippen LogP contribution in [0.25, 0.3) is 11.0 Å². The summed E-state index contributed by atoms with van der Waals surface area (Å²) in [6.07, 6.45) is 3.75. The first kappa shape index (κ1) is 17.1. The summed E-state index contributed by atoms with van der Waals surface area (Å²) in [5.74, 6) is 2.08. The minimum absolute atomic E-state index is 0.102. The topological polar surface area (TPSA) is 63.3 Å². The zero-order valence-electron chi connectivity index (χ0n) is 14.9. The van der Waals surface area contributed by atoms with E-state index in [1.54, 1.807) is 18.1 Å². The van der Waals surface area contributed by atoms with E-state index in [9.17, 15) is 4.79 Å². The van der Waals surface area contributed by atoms with Crippen molar-refractivity contribution in [3.05, 3.63) is 54.3 Å². The fourth-order valence-electron chi connectivity index (χ4n) is 2.81. The third kappa shape index (κ3) is 4.21. The molecule has 25 heavy (non-hydrogen) atoms. The molecule has 0 saturated carbocycles. The summed E-state index contributed by atoms with van der Waals surface area (Å²) < 4.78 is 7.86. The van der Waals surface area contributed by atoms with E-state index >= 15 is 0 Å². The second kappa shape index (κ2) is 7.42. The van der Waals surface area contributed by atoms with Gasteiger partial charge < -0.3 is 19.2 Å². The first-order valence-electron chi connectivity index (χ1n) is 8.47. The number of rotatable bonds is 6. The molecule has 2 heterocycles. The second-order valence-electron chi connectivity index (χ2n) is 6.52. The number of hydrogen-bond donors (Lipinski definition) is 1. The van der Waals surface area contributed by atoms with E-state index in [1.807, 2.05) is 43.5 Å². The van der Waals surface area contributed by atoms with Gasteiger partial charge in [0, 0.05) is 37.9 Å². The number of aryl methyl sites for hydroxylation is 1. The third-order valence-corrected chi connectivity index (χ3v) is 4.25. The lowest BCUT2D eigenvalue weighted by Gasteiger charge is -2.19. The number of furan rings is 1. The van der Waals surface area contributed by atoms with Crippen LogP contribution in [0.3, 0.4) is 0 Å². The van der Waals surface area contributed by atoms with Gasteiger partial charge in [0.15, 0.2) is 0 Å². The highest BCUT2D eigenvalue weighted by molar-refractivity contribution is 5.78. The van der Waals surface area contributed by atoms with Gasteiger partial charge in [0.05, 0.1) is 6.54 Å². The molecule has 2 amide bonds. The van der Waals surface area contributed by atoms with Crippen molar-refractivity contribution in [3.63, 3.8) is 0 Å². The lowest BCUT2D eigenvalue weighted by atomic mass is 10.2. The van der Waals surface area contributed by atoms with Crippen LogP contribution < -0.4 is 5.32 Å². The summed E-state index contributed by atoms with van der Waals surface area (Å²) in [5, 5.41) is 4.03. The maximum absolute atomic E-state index is 12.3. The number of benzene rings is 1. The minimum atomic E-state index is -0.102. The van der Waals surface area contributed by atoms with Gasteiger partial charge in [-0.05, 0) is 25.0 Å². The van der Waals surface area contributed by atoms with Crippen LogP contribution in [-0.2, 0) is 13.1 Å². The largest absolute Gasteiger partial charge is 0.459 e. The van der Waals surface area contributed by atoms with E-state index in [0.717, 1.165) is 29.1 Å². The average Bonchev–Trinajstić information content (AvgIpc) is 3.18. The molecule has 3 aromatic rings. The number of carbonyl (C=O) groups is 1. The van der Waals surface area contributed by atoms with E-state index < -0.39 is 0 Å². The summed E-state index contributed by atoms with van der Waals surface area (Å²) in [5.41, 5.74) is 0.843. The van der Waals surface area contributed by atoms with Gasteiger partial charge in [-0.1, -0.05) is 25.1 Å². The molecule has 6 nitrogen and oxygen atoms in total. The van der Waals surface area contributed by atoms with Crippen molar-refractivity contribution in [2.45, 2.75) is 26.9 Å². The average molecular weight is 340 g/mol. The number of imidazole rings is 1. The molecule has 0 spiro atoms. The quantitative estimate of drug-likeness (QED) is 0.748. The molecule has 0 radical (unpaired) electrons. The highest BCUT2D eigenvalue weighted by Gasteiger charge is 2.13. The monoisotopic (exact) mass is 340 g/mol. The minimum Gasteiger partial charge on any atom is -0.459 e. The molecule has 0 saturated heterocycles. The van der Waals surface area contributed by atoms with Crippen LogP contribution in [0.1, 0.15) is 18.5 Å². The van der Waals surface area contributed by atoms with Gasteiger partial charge in [0.25, 0.3) is 0 Å². The van der Waals surface area contributed by atoms with Crippen LogP contribution in [-0.4, -0.2) is 34.1 Å². The first-order valence-corrected chi connectivity index (χ1v) is 8.47. The molecule has 1 N–H and O–H groups in total. The van der Waals surface area contributed by atoms with E-state index in [4.69, 9.17) is 4.42 Å². The number of nitrogens with one attached hydrogen (secondary N) is 1. The smallest absolute Gasteiger partial charge is 0.317 e. The molecule has 3 rings (SSSR count). The zero-order valence-corrected chi connectivity index (χ0v) is 14.9. The molecule has 0 bridgehead atoms. The summed E-state index contributed by atoms with van der Waals surface area (Å²) >= 11 is 0. The van der Waals surface area contributed by atoms with Crippen LogP contribution in [0.2, 0.25) is 0 Å². The Morgan fingerprint density at radius 3 is 2.92 bits per heavy atom.